The first kappa shape index (κ1) is 97.5. The van der Waals surface area contributed by atoms with E-state index >= 15 is 14.4 Å². The number of carbonyl (C=O) groups excluding carboxylic acids is 13. The van der Waals surface area contributed by atoms with E-state index in [4.69, 9.17) is 18.9 Å². The van der Waals surface area contributed by atoms with E-state index in [2.05, 4.69) is 21.3 Å². The summed E-state index contributed by atoms with van der Waals surface area (Å²) in [6.07, 6.45) is 1.53. The molecule has 0 aliphatic carbocycles. The molecule has 1 saturated heterocycles. The van der Waals surface area contributed by atoms with Gasteiger partial charge in [0.05, 0.1) is 30.3 Å². The van der Waals surface area contributed by atoms with Crippen LogP contribution < -0.4 is 21.3 Å². The molecule has 11 amide bonds. The molecule has 0 aromatic rings. The molecule has 1 rings (SSSR count). The van der Waals surface area contributed by atoms with Gasteiger partial charge in [-0.3, -0.25) is 62.5 Å². The van der Waals surface area contributed by atoms with Gasteiger partial charge in [-0.05, 0) is 157 Å². The van der Waals surface area contributed by atoms with Crippen LogP contribution in [0.5, 0.6) is 0 Å². The van der Waals surface area contributed by atoms with Crippen LogP contribution in [0.25, 0.3) is 0 Å². The van der Waals surface area contributed by atoms with Crippen LogP contribution in [0.4, 0.5) is 4.79 Å². The van der Waals surface area contributed by atoms with Gasteiger partial charge in [0.1, 0.15) is 78.9 Å². The summed E-state index contributed by atoms with van der Waals surface area (Å²) in [5.41, 5.74) is -1.97. The first-order chi connectivity index (χ1) is 49.1. The van der Waals surface area contributed by atoms with Gasteiger partial charge >= 0.3 is 18.0 Å². The molecule has 0 spiro atoms. The summed E-state index contributed by atoms with van der Waals surface area (Å²) in [7, 11) is 11.8. The third-order valence-corrected chi connectivity index (χ3v) is 19.7. The maximum absolute atomic E-state index is 15.3. The van der Waals surface area contributed by atoms with Gasteiger partial charge in [0, 0.05) is 63.2 Å². The lowest BCUT2D eigenvalue weighted by molar-refractivity contribution is -0.178. The predicted octanol–water partition coefficient (Wildman–Crippen LogP) is 5.35. The number of allylic oxidation sites excluding steroid dienone is 2. The minimum atomic E-state index is -1.55. The molecule has 0 aromatic carbocycles. The third-order valence-electron chi connectivity index (χ3n) is 19.7. The topological polar surface area (TPSA) is 353 Å². The molecule has 30 nitrogen and oxygen atoms in total. The fraction of sp³-hybridized carbons (Fsp3) is 0.805. The highest BCUT2D eigenvalue weighted by molar-refractivity contribution is 5.98. The van der Waals surface area contributed by atoms with Crippen molar-refractivity contribution in [1.82, 2.24) is 60.5 Å². The smallest absolute Gasteiger partial charge is 0.410 e. The number of likely N-dealkylation sites (N-methyl/N-ethyl adjacent to an activating group) is 8. The van der Waals surface area contributed by atoms with Crippen LogP contribution in [-0.4, -0.2) is 287 Å². The van der Waals surface area contributed by atoms with E-state index in [-0.39, 0.29) is 69.4 Å². The van der Waals surface area contributed by atoms with Crippen molar-refractivity contribution in [3.8, 4) is 0 Å². The molecule has 0 bridgehead atoms. The Bertz CT molecular complexity index is 3020. The van der Waals surface area contributed by atoms with Gasteiger partial charge in [0.25, 0.3) is 0 Å². The molecule has 0 saturated carbocycles. The van der Waals surface area contributed by atoms with Gasteiger partial charge in [0.2, 0.25) is 59.1 Å². The molecule has 107 heavy (non-hydrogen) atoms. The van der Waals surface area contributed by atoms with Crippen molar-refractivity contribution in [1.29, 1.82) is 0 Å². The Morgan fingerprint density at radius 3 is 1.64 bits per heavy atom. The summed E-state index contributed by atoms with van der Waals surface area (Å²) < 4.78 is 23.3. The van der Waals surface area contributed by atoms with E-state index < -0.39 is 191 Å². The molecule has 614 valence electrons. The van der Waals surface area contributed by atoms with Gasteiger partial charge < -0.3 is 74.7 Å². The van der Waals surface area contributed by atoms with Gasteiger partial charge in [0.15, 0.2) is 0 Å². The Kier molecular flexibility index (Phi) is 39.8. The molecule has 0 radical (unpaired) electrons. The van der Waals surface area contributed by atoms with E-state index in [0.29, 0.717) is 6.42 Å². The van der Waals surface area contributed by atoms with Crippen LogP contribution in [0.2, 0.25) is 0 Å². The molecule has 5 N–H and O–H groups in total. The summed E-state index contributed by atoms with van der Waals surface area (Å²) in [5, 5.41) is 22.0. The van der Waals surface area contributed by atoms with Crippen molar-refractivity contribution in [2.45, 2.75) is 300 Å². The number of rotatable bonds is 40. The number of nitrogens with one attached hydrogen (secondary N) is 4. The predicted molar refractivity (Wildman–Crippen MR) is 408 cm³/mol. The van der Waals surface area contributed by atoms with Crippen LogP contribution in [0.15, 0.2) is 12.2 Å². The second-order valence-corrected chi connectivity index (χ2v) is 32.7. The molecule has 1 aliphatic heterocycles. The van der Waals surface area contributed by atoms with Crippen molar-refractivity contribution >= 4 is 77.1 Å². The van der Waals surface area contributed by atoms with Gasteiger partial charge in [-0.25, -0.2) is 9.59 Å². The molecule has 16 unspecified atom stereocenters. The van der Waals surface area contributed by atoms with Crippen molar-refractivity contribution in [2.24, 2.45) is 35.5 Å². The van der Waals surface area contributed by atoms with Crippen molar-refractivity contribution in [3.05, 3.63) is 12.2 Å². The fourth-order valence-electron chi connectivity index (χ4n) is 13.0. The Morgan fingerprint density at radius 1 is 0.617 bits per heavy atom. The van der Waals surface area contributed by atoms with E-state index in [0.717, 1.165) is 9.80 Å². The minimum Gasteiger partial charge on any atom is -0.462 e. The molecular formula is C77H138N12O18. The number of hydrogen-bond donors (Lipinski definition) is 5. The van der Waals surface area contributed by atoms with Gasteiger partial charge in [-0.2, -0.15) is 0 Å². The largest absolute Gasteiger partial charge is 0.462 e. The van der Waals surface area contributed by atoms with E-state index in [9.17, 15) is 53.1 Å². The molecule has 0 aromatic heterocycles. The standard InChI is InChI=1S/C77H138N12O18/c1-32-34-35-48(12)63(106-54(18)91)62(67(95)80-55(33-2)74(101)104-39-38-82(24)53(17)90)89(31)72(100)60(46(9)10)87(29)70(98)57(41-44(5)6)85(27)69(97)58-42-49(13)105-73(86(58)28)51(15)79-64(92)50(14)78-65(93)56(40-43(3)4)84(26)71(99)59(45(7)8)81-66(94)61(47(11)36-37-77(22,23)103)88(30)68(96)52(16)83(25)75(102)107-76(19,20)21/h32,34,43-52,55-63,73,103H,33,35-42H2,1-31H3,(H,78,93)(H,79,92)(H,80,95)(H,81,94). The average Bonchev–Trinajstić information content (AvgIpc) is 0.781. The maximum atomic E-state index is 15.3. The van der Waals surface area contributed by atoms with Crippen LogP contribution in [0, 0.1) is 35.5 Å². The van der Waals surface area contributed by atoms with Crippen LogP contribution in [-0.2, 0) is 76.5 Å². The summed E-state index contributed by atoms with van der Waals surface area (Å²) in [6, 6.07) is -12.7. The zero-order valence-corrected chi connectivity index (χ0v) is 70.5. The highest BCUT2D eigenvalue weighted by Gasteiger charge is 2.48. The number of amides is 11. The molecule has 16 atom stereocenters. The van der Waals surface area contributed by atoms with E-state index in [1.807, 2.05) is 33.8 Å². The average molecular weight is 1520 g/mol. The van der Waals surface area contributed by atoms with Crippen molar-refractivity contribution in [3.63, 3.8) is 0 Å². The number of ether oxygens (including phenoxy) is 4. The van der Waals surface area contributed by atoms with Crippen molar-refractivity contribution in [2.75, 3.05) is 69.5 Å². The maximum Gasteiger partial charge on any atom is 0.410 e. The molecule has 30 heteroatoms. The summed E-state index contributed by atoms with van der Waals surface area (Å²) in [6.45, 7) is 38.7. The zero-order valence-electron chi connectivity index (χ0n) is 70.5. The highest BCUT2D eigenvalue weighted by atomic mass is 16.6. The van der Waals surface area contributed by atoms with Crippen molar-refractivity contribution < 1.29 is 86.4 Å². The highest BCUT2D eigenvalue weighted by Crippen LogP contribution is 2.30. The zero-order chi connectivity index (χ0) is 83.1. The molecule has 1 aliphatic rings. The number of esters is 2. The third kappa shape index (κ3) is 29.8. The number of hydrogen-bond acceptors (Lipinski definition) is 19. The van der Waals surface area contributed by atoms with Crippen LogP contribution in [0.1, 0.15) is 204 Å². The molecular weight excluding hydrogens is 1380 g/mol. The lowest BCUT2D eigenvalue weighted by Gasteiger charge is -2.46. The van der Waals surface area contributed by atoms with Crippen LogP contribution in [0.3, 0.4) is 0 Å². The SMILES string of the molecule is CC=CCC(C)C(OC(C)=O)C(C(=O)NC(CC)C(=O)OCCN(C)C(C)=O)N(C)C(=O)C(C(C)C)N(C)C(=O)C(CC(C)C)N(C)C(=O)C1CC(C)OC(C(C)NC(=O)C(C)NC(=O)C(CC(C)C)N(C)C(=O)C(NC(=O)C(C(C)CCC(C)(C)O)N(C)C(=O)C(C)N(C)C(=O)OC(C)(C)C)C(C)C)N1C. The summed E-state index contributed by atoms with van der Waals surface area (Å²) in [4.78, 5) is 195. The molecule has 1 fully saturated rings. The summed E-state index contributed by atoms with van der Waals surface area (Å²) in [5.74, 6) is -10.1. The Labute approximate surface area is 638 Å². The Balaban J connectivity index is 3.68. The molecule has 1 heterocycles. The quantitative estimate of drug-likeness (QED) is 0.0293. The number of aliphatic hydroxyl groups is 1. The lowest BCUT2D eigenvalue weighted by atomic mass is 9.89. The van der Waals surface area contributed by atoms with E-state index in [1.54, 1.807) is 129 Å². The first-order valence-electron chi connectivity index (χ1n) is 37.9. The number of carbonyl (C=O) groups is 13. The second kappa shape index (κ2) is 43.7. The minimum absolute atomic E-state index is 0.0698. The fourth-order valence-corrected chi connectivity index (χ4v) is 13.0. The first-order valence-corrected chi connectivity index (χ1v) is 37.9. The second-order valence-electron chi connectivity index (χ2n) is 32.7. The monoisotopic (exact) mass is 1520 g/mol. The van der Waals surface area contributed by atoms with Gasteiger partial charge in [-0.15, -0.1) is 0 Å². The Hall–Kier alpha value is -7.47. The normalized spacial score (nSPS) is 18.7. The summed E-state index contributed by atoms with van der Waals surface area (Å²) >= 11 is 0. The van der Waals surface area contributed by atoms with Gasteiger partial charge in [-0.1, -0.05) is 88.3 Å². The van der Waals surface area contributed by atoms with Crippen LogP contribution >= 0.6 is 0 Å². The van der Waals surface area contributed by atoms with E-state index in [1.165, 1.54) is 94.5 Å². The Morgan fingerprint density at radius 2 is 1.15 bits per heavy atom. The number of nitrogens with zero attached hydrogens (tertiary/aromatic N) is 8. The lowest BCUT2D eigenvalue weighted by Crippen LogP contribution is -2.65.